The first-order valence-corrected chi connectivity index (χ1v) is 33.1. The number of hydrogen-bond acceptors (Lipinski definition) is 6. The minimum Gasteiger partial charge on any atom is -0.462 e. The van der Waals surface area contributed by atoms with Gasteiger partial charge in [-0.2, -0.15) is 0 Å². The molecule has 0 saturated carbocycles. The van der Waals surface area contributed by atoms with Gasteiger partial charge in [-0.3, -0.25) is 14.4 Å². The lowest BCUT2D eigenvalue weighted by atomic mass is 10.0. The Morgan fingerprint density at radius 1 is 0.273 bits per heavy atom. The van der Waals surface area contributed by atoms with Crippen LogP contribution < -0.4 is 0 Å². The zero-order valence-electron chi connectivity index (χ0n) is 51.0. The molecule has 6 heteroatoms. The molecule has 0 aliphatic rings. The van der Waals surface area contributed by atoms with Crippen LogP contribution >= 0.6 is 0 Å². The van der Waals surface area contributed by atoms with Gasteiger partial charge in [-0.1, -0.05) is 286 Å². The van der Waals surface area contributed by atoms with Gasteiger partial charge < -0.3 is 14.2 Å². The Kier molecular flexibility index (Phi) is 62.2. The zero-order valence-corrected chi connectivity index (χ0v) is 51.0. The number of hydrogen-bond donors (Lipinski definition) is 0. The fourth-order valence-electron chi connectivity index (χ4n) is 9.41. The van der Waals surface area contributed by atoms with Crippen LogP contribution in [-0.2, 0) is 28.6 Å². The van der Waals surface area contributed by atoms with E-state index in [1.807, 2.05) is 0 Å². The molecule has 0 N–H and O–H groups in total. The highest BCUT2D eigenvalue weighted by molar-refractivity contribution is 5.71. The SMILES string of the molecule is CC/C=C\C/C=C\C/C=C\C/C=C\CCCCCCCCCCCCCCCCCCCCC(=O)OCC(COC(=O)CCCCCCC/C=C\CCC)OC(=O)CCCCCCCCC/C=C\C/C=C\CCCCCC. The Balaban J connectivity index is 4.14. The number of carbonyl (C=O) groups is 3. The topological polar surface area (TPSA) is 78.9 Å². The van der Waals surface area contributed by atoms with E-state index in [0.717, 1.165) is 109 Å². The summed E-state index contributed by atoms with van der Waals surface area (Å²) in [6.45, 7) is 6.47. The molecular formula is C71H124O6. The second kappa shape index (κ2) is 65.1. The van der Waals surface area contributed by atoms with Gasteiger partial charge >= 0.3 is 17.9 Å². The molecule has 0 radical (unpaired) electrons. The normalized spacial score (nSPS) is 12.6. The molecule has 77 heavy (non-hydrogen) atoms. The molecule has 1 unspecified atom stereocenters. The van der Waals surface area contributed by atoms with Crippen LogP contribution in [0.1, 0.15) is 329 Å². The van der Waals surface area contributed by atoms with E-state index in [1.54, 1.807) is 0 Å². The van der Waals surface area contributed by atoms with Crippen molar-refractivity contribution in [1.29, 1.82) is 0 Å². The molecule has 0 aliphatic heterocycles. The van der Waals surface area contributed by atoms with Crippen molar-refractivity contribution in [3.8, 4) is 0 Å². The molecule has 1 atom stereocenters. The summed E-state index contributed by atoms with van der Waals surface area (Å²) in [5, 5.41) is 0. The van der Waals surface area contributed by atoms with Crippen LogP contribution in [0.3, 0.4) is 0 Å². The molecular weight excluding hydrogens is 949 g/mol. The van der Waals surface area contributed by atoms with E-state index < -0.39 is 6.10 Å². The highest BCUT2D eigenvalue weighted by atomic mass is 16.6. The first-order chi connectivity index (χ1) is 38.0. The molecule has 0 aromatic heterocycles. The maximum absolute atomic E-state index is 12.9. The van der Waals surface area contributed by atoms with Crippen LogP contribution in [0.2, 0.25) is 0 Å². The molecule has 0 aromatic carbocycles. The summed E-state index contributed by atoms with van der Waals surface area (Å²) in [6.07, 6.45) is 86.1. The molecule has 6 nitrogen and oxygen atoms in total. The maximum atomic E-state index is 12.9. The van der Waals surface area contributed by atoms with Gasteiger partial charge in [0.15, 0.2) is 6.10 Å². The Labute approximate surface area is 477 Å². The zero-order chi connectivity index (χ0) is 55.7. The summed E-state index contributed by atoms with van der Waals surface area (Å²) in [5.41, 5.74) is 0. The average Bonchev–Trinajstić information content (AvgIpc) is 3.43. The van der Waals surface area contributed by atoms with E-state index in [4.69, 9.17) is 14.2 Å². The van der Waals surface area contributed by atoms with E-state index >= 15 is 0 Å². The van der Waals surface area contributed by atoms with Crippen LogP contribution in [0, 0.1) is 0 Å². The van der Waals surface area contributed by atoms with Crippen LogP contribution in [0.4, 0.5) is 0 Å². The third kappa shape index (κ3) is 63.3. The molecule has 0 aromatic rings. The summed E-state index contributed by atoms with van der Waals surface area (Å²) in [4.78, 5) is 38.2. The number of rotatable bonds is 60. The standard InChI is InChI=1S/C71H124O6/c1-4-7-10-13-16-19-22-24-26-28-30-31-32-33-34-35-36-37-38-39-40-41-42-44-45-47-49-52-55-58-61-64-70(73)76-67-68(66-75-69(72)63-60-57-54-51-21-18-15-12-9-6-3)77-71(74)65-62-59-56-53-50-48-46-43-29-27-25-23-20-17-14-11-8-5-2/h7,10,12,15-16,19-20,23-24,26-27,29-31,68H,4-6,8-9,11,13-14,17-18,21-22,25,28,32-67H2,1-3H3/b10-7-,15-12-,19-16-,23-20-,26-24-,29-27-,31-30-. The molecule has 0 aliphatic carbocycles. The summed E-state index contributed by atoms with van der Waals surface area (Å²) in [7, 11) is 0. The van der Waals surface area contributed by atoms with E-state index in [0.29, 0.717) is 19.3 Å². The molecule has 0 bridgehead atoms. The van der Waals surface area contributed by atoms with Crippen molar-refractivity contribution in [3.05, 3.63) is 85.1 Å². The van der Waals surface area contributed by atoms with Gasteiger partial charge in [0.1, 0.15) is 13.2 Å². The minimum atomic E-state index is -0.782. The first-order valence-electron chi connectivity index (χ1n) is 33.1. The van der Waals surface area contributed by atoms with Gasteiger partial charge in [0, 0.05) is 19.3 Å². The van der Waals surface area contributed by atoms with Crippen molar-refractivity contribution in [2.45, 2.75) is 335 Å². The number of esters is 3. The molecule has 0 fully saturated rings. The van der Waals surface area contributed by atoms with Crippen molar-refractivity contribution < 1.29 is 28.6 Å². The van der Waals surface area contributed by atoms with Crippen molar-refractivity contribution in [3.63, 3.8) is 0 Å². The molecule has 0 rings (SSSR count). The molecule has 0 saturated heterocycles. The van der Waals surface area contributed by atoms with E-state index in [1.165, 1.54) is 180 Å². The minimum absolute atomic E-state index is 0.0792. The fraction of sp³-hybridized carbons (Fsp3) is 0.761. The van der Waals surface area contributed by atoms with Crippen LogP contribution in [0.5, 0.6) is 0 Å². The summed E-state index contributed by atoms with van der Waals surface area (Å²) < 4.78 is 16.9. The maximum Gasteiger partial charge on any atom is 0.306 e. The van der Waals surface area contributed by atoms with Crippen molar-refractivity contribution in [2.24, 2.45) is 0 Å². The smallest absolute Gasteiger partial charge is 0.306 e. The average molecular weight is 1070 g/mol. The number of allylic oxidation sites excluding steroid dienone is 14. The fourth-order valence-corrected chi connectivity index (χ4v) is 9.41. The van der Waals surface area contributed by atoms with E-state index in [9.17, 15) is 14.4 Å². The van der Waals surface area contributed by atoms with E-state index in [2.05, 4.69) is 106 Å². The van der Waals surface area contributed by atoms with Gasteiger partial charge in [-0.25, -0.2) is 0 Å². The molecule has 0 heterocycles. The molecule has 444 valence electrons. The second-order valence-electron chi connectivity index (χ2n) is 22.0. The van der Waals surface area contributed by atoms with Crippen molar-refractivity contribution in [1.82, 2.24) is 0 Å². The van der Waals surface area contributed by atoms with Crippen molar-refractivity contribution in [2.75, 3.05) is 13.2 Å². The Bertz CT molecular complexity index is 1470. The van der Waals surface area contributed by atoms with Crippen molar-refractivity contribution >= 4 is 17.9 Å². The lowest BCUT2D eigenvalue weighted by Crippen LogP contribution is -2.30. The predicted molar refractivity (Wildman–Crippen MR) is 334 cm³/mol. The summed E-state index contributed by atoms with van der Waals surface area (Å²) in [5.74, 6) is -0.885. The van der Waals surface area contributed by atoms with Gasteiger partial charge in [0.2, 0.25) is 0 Å². The lowest BCUT2D eigenvalue weighted by Gasteiger charge is -2.18. The highest BCUT2D eigenvalue weighted by Crippen LogP contribution is 2.17. The predicted octanol–water partition coefficient (Wildman–Crippen LogP) is 22.7. The number of carbonyl (C=O) groups excluding carboxylic acids is 3. The number of unbranched alkanes of at least 4 members (excludes halogenated alkanes) is 35. The Morgan fingerprint density at radius 2 is 0.532 bits per heavy atom. The molecule has 0 amide bonds. The van der Waals surface area contributed by atoms with Gasteiger partial charge in [-0.15, -0.1) is 0 Å². The van der Waals surface area contributed by atoms with Crippen LogP contribution in [0.25, 0.3) is 0 Å². The largest absolute Gasteiger partial charge is 0.462 e. The monoisotopic (exact) mass is 1070 g/mol. The Morgan fingerprint density at radius 3 is 0.857 bits per heavy atom. The third-order valence-electron chi connectivity index (χ3n) is 14.3. The first kappa shape index (κ1) is 73.6. The Hall–Kier alpha value is -3.41. The number of ether oxygens (including phenoxy) is 3. The van der Waals surface area contributed by atoms with E-state index in [-0.39, 0.29) is 31.1 Å². The molecule has 0 spiro atoms. The third-order valence-corrected chi connectivity index (χ3v) is 14.3. The van der Waals surface area contributed by atoms with Gasteiger partial charge in [0.25, 0.3) is 0 Å². The van der Waals surface area contributed by atoms with Crippen LogP contribution in [0.15, 0.2) is 85.1 Å². The summed E-state index contributed by atoms with van der Waals surface area (Å²) in [6, 6.07) is 0. The highest BCUT2D eigenvalue weighted by Gasteiger charge is 2.19. The quantitative estimate of drug-likeness (QED) is 0.0261. The lowest BCUT2D eigenvalue weighted by molar-refractivity contribution is -0.167. The van der Waals surface area contributed by atoms with Gasteiger partial charge in [0.05, 0.1) is 0 Å². The summed E-state index contributed by atoms with van der Waals surface area (Å²) >= 11 is 0. The second-order valence-corrected chi connectivity index (χ2v) is 22.0. The van der Waals surface area contributed by atoms with Crippen LogP contribution in [-0.4, -0.2) is 37.2 Å². The van der Waals surface area contributed by atoms with Gasteiger partial charge in [-0.05, 0) is 109 Å².